The van der Waals surface area contributed by atoms with Crippen LogP contribution in [0.2, 0.25) is 0 Å². The Bertz CT molecular complexity index is 1110. The molecule has 0 saturated heterocycles. The molecule has 1 amide bonds. The topological polar surface area (TPSA) is 136 Å². The molecule has 6 N–H and O–H groups in total. The lowest BCUT2D eigenvalue weighted by molar-refractivity contribution is 0.0951. The van der Waals surface area contributed by atoms with Crippen molar-refractivity contribution in [2.45, 2.75) is 11.4 Å². The van der Waals surface area contributed by atoms with E-state index >= 15 is 0 Å². The highest BCUT2D eigenvalue weighted by Crippen LogP contribution is 2.30. The zero-order valence-electron chi connectivity index (χ0n) is 13.6. The number of benzene rings is 3. The number of carbonyl (C=O) groups excluding carboxylic acids is 1. The number of nitrogen functional groups attached to an aromatic ring is 2. The first-order chi connectivity index (χ1) is 12.3. The quantitative estimate of drug-likeness (QED) is 0.410. The van der Waals surface area contributed by atoms with Gasteiger partial charge in [-0.25, -0.2) is 0 Å². The van der Waals surface area contributed by atoms with E-state index in [1.54, 1.807) is 48.5 Å². The zero-order chi connectivity index (χ0) is 18.9. The lowest BCUT2D eigenvalue weighted by Gasteiger charge is -2.12. The molecule has 0 aliphatic carbocycles. The summed E-state index contributed by atoms with van der Waals surface area (Å²) >= 11 is 0. The van der Waals surface area contributed by atoms with E-state index in [2.05, 4.69) is 5.32 Å². The Morgan fingerprint density at radius 2 is 1.73 bits per heavy atom. The number of rotatable bonds is 4. The highest BCUT2D eigenvalue weighted by Gasteiger charge is 2.19. The van der Waals surface area contributed by atoms with Gasteiger partial charge in [-0.15, -0.1) is 0 Å². The molecule has 0 bridgehead atoms. The van der Waals surface area contributed by atoms with E-state index in [9.17, 15) is 17.8 Å². The minimum absolute atomic E-state index is 0.0408. The second-order valence-electron chi connectivity index (χ2n) is 5.78. The number of fused-ring (bicyclic) bond motifs is 1. The van der Waals surface area contributed by atoms with E-state index < -0.39 is 10.1 Å². The molecule has 0 aliphatic heterocycles. The van der Waals surface area contributed by atoms with E-state index in [-0.39, 0.29) is 23.0 Å². The van der Waals surface area contributed by atoms with Crippen molar-refractivity contribution in [2.75, 3.05) is 11.5 Å². The molecule has 8 heteroatoms. The van der Waals surface area contributed by atoms with Gasteiger partial charge >= 0.3 is 0 Å². The zero-order valence-corrected chi connectivity index (χ0v) is 14.5. The van der Waals surface area contributed by atoms with Crippen LogP contribution in [0.1, 0.15) is 15.9 Å². The standard InChI is InChI=1S/C18H17N3O4S/c19-13-5-1-3-11(9-13)18(22)21-10-12-4-2-6-15-14(12)7-8-16(20)17(15)26(23,24)25/h1-9H,10,19-20H2,(H,21,22)(H,23,24,25). The molecule has 0 unspecified atom stereocenters. The van der Waals surface area contributed by atoms with Crippen LogP contribution in [0.15, 0.2) is 59.5 Å². The van der Waals surface area contributed by atoms with Crippen LogP contribution in [0.25, 0.3) is 10.8 Å². The fourth-order valence-electron chi connectivity index (χ4n) is 2.81. The molecule has 0 fully saturated rings. The maximum Gasteiger partial charge on any atom is 0.297 e. The molecule has 3 aromatic carbocycles. The molecule has 0 atom stereocenters. The molecule has 0 saturated carbocycles. The second kappa shape index (κ2) is 6.66. The summed E-state index contributed by atoms with van der Waals surface area (Å²) in [4.78, 5) is 11.9. The Labute approximate surface area is 150 Å². The molecule has 7 nitrogen and oxygen atoms in total. The Morgan fingerprint density at radius 3 is 2.42 bits per heavy atom. The van der Waals surface area contributed by atoms with Crippen molar-refractivity contribution in [3.05, 3.63) is 65.7 Å². The van der Waals surface area contributed by atoms with Crippen LogP contribution in [0, 0.1) is 0 Å². The molecule has 0 aromatic heterocycles. The fourth-order valence-corrected chi connectivity index (χ4v) is 3.63. The lowest BCUT2D eigenvalue weighted by atomic mass is 10.0. The third kappa shape index (κ3) is 3.46. The van der Waals surface area contributed by atoms with E-state index in [0.717, 1.165) is 0 Å². The van der Waals surface area contributed by atoms with Gasteiger partial charge in [0.25, 0.3) is 16.0 Å². The minimum atomic E-state index is -4.48. The van der Waals surface area contributed by atoms with Crippen LogP contribution in [0.3, 0.4) is 0 Å². The van der Waals surface area contributed by atoms with Crippen LogP contribution in [-0.4, -0.2) is 18.9 Å². The molecule has 26 heavy (non-hydrogen) atoms. The SMILES string of the molecule is Nc1cccc(C(=O)NCc2cccc3c(S(=O)(=O)O)c(N)ccc23)c1. The van der Waals surface area contributed by atoms with E-state index in [4.69, 9.17) is 11.5 Å². The van der Waals surface area contributed by atoms with Gasteiger partial charge in [-0.2, -0.15) is 8.42 Å². The van der Waals surface area contributed by atoms with Crippen molar-refractivity contribution in [3.63, 3.8) is 0 Å². The van der Waals surface area contributed by atoms with Crippen LogP contribution in [0.5, 0.6) is 0 Å². The van der Waals surface area contributed by atoms with Crippen molar-refractivity contribution < 1.29 is 17.8 Å². The van der Waals surface area contributed by atoms with E-state index in [1.807, 2.05) is 0 Å². The number of hydrogen-bond acceptors (Lipinski definition) is 5. The summed E-state index contributed by atoms with van der Waals surface area (Å²) in [5, 5.41) is 3.64. The summed E-state index contributed by atoms with van der Waals surface area (Å²) in [5.74, 6) is -0.306. The highest BCUT2D eigenvalue weighted by molar-refractivity contribution is 7.86. The predicted molar refractivity (Wildman–Crippen MR) is 100 cm³/mol. The number of nitrogens with two attached hydrogens (primary N) is 2. The molecule has 0 spiro atoms. The third-order valence-electron chi connectivity index (χ3n) is 3.98. The maximum absolute atomic E-state index is 12.3. The van der Waals surface area contributed by atoms with Crippen LogP contribution in [-0.2, 0) is 16.7 Å². The van der Waals surface area contributed by atoms with Gasteiger partial charge in [-0.05, 0) is 35.2 Å². The number of carbonyl (C=O) groups is 1. The summed E-state index contributed by atoms with van der Waals surface area (Å²) in [6, 6.07) is 14.6. The minimum Gasteiger partial charge on any atom is -0.399 e. The molecule has 3 rings (SSSR count). The van der Waals surface area contributed by atoms with Crippen molar-refractivity contribution in [1.82, 2.24) is 5.32 Å². The average Bonchev–Trinajstić information content (AvgIpc) is 2.58. The lowest BCUT2D eigenvalue weighted by Crippen LogP contribution is -2.23. The predicted octanol–water partition coefficient (Wildman–Crippen LogP) is 2.18. The van der Waals surface area contributed by atoms with E-state index in [0.29, 0.717) is 27.6 Å². The molecule has 0 heterocycles. The number of amides is 1. The van der Waals surface area contributed by atoms with Gasteiger partial charge in [-0.3, -0.25) is 9.35 Å². The number of hydrogen-bond donors (Lipinski definition) is 4. The van der Waals surface area contributed by atoms with Gasteiger partial charge in [0.2, 0.25) is 0 Å². The van der Waals surface area contributed by atoms with Crippen molar-refractivity contribution >= 4 is 38.2 Å². The van der Waals surface area contributed by atoms with Gasteiger partial charge < -0.3 is 16.8 Å². The second-order valence-corrected chi connectivity index (χ2v) is 7.14. The summed E-state index contributed by atoms with van der Waals surface area (Å²) in [5.41, 5.74) is 12.9. The first-order valence-corrected chi connectivity index (χ1v) is 9.12. The molecule has 3 aromatic rings. The van der Waals surface area contributed by atoms with Gasteiger partial charge in [0.15, 0.2) is 0 Å². The summed E-state index contributed by atoms with van der Waals surface area (Å²) in [6.07, 6.45) is 0. The Hall–Kier alpha value is -3.10. The van der Waals surface area contributed by atoms with Crippen molar-refractivity contribution in [1.29, 1.82) is 0 Å². The third-order valence-corrected chi connectivity index (χ3v) is 4.95. The Kier molecular flexibility index (Phi) is 4.54. The van der Waals surface area contributed by atoms with Gasteiger partial charge in [0.1, 0.15) is 4.90 Å². The smallest absolute Gasteiger partial charge is 0.297 e. The molecule has 134 valence electrons. The number of anilines is 2. The summed E-state index contributed by atoms with van der Waals surface area (Å²) in [7, 11) is -4.48. The molecular formula is C18H17N3O4S. The van der Waals surface area contributed by atoms with E-state index in [1.165, 1.54) is 6.07 Å². The Morgan fingerprint density at radius 1 is 1.00 bits per heavy atom. The summed E-state index contributed by atoms with van der Waals surface area (Å²) < 4.78 is 32.8. The molecular weight excluding hydrogens is 354 g/mol. The average molecular weight is 371 g/mol. The molecule has 0 aliphatic rings. The van der Waals surface area contributed by atoms with Crippen LogP contribution in [0.4, 0.5) is 11.4 Å². The highest BCUT2D eigenvalue weighted by atomic mass is 32.2. The van der Waals surface area contributed by atoms with Gasteiger partial charge in [-0.1, -0.05) is 30.3 Å². The maximum atomic E-state index is 12.3. The van der Waals surface area contributed by atoms with Gasteiger partial charge in [0.05, 0.1) is 5.69 Å². The summed E-state index contributed by atoms with van der Waals surface area (Å²) in [6.45, 7) is 0.166. The largest absolute Gasteiger partial charge is 0.399 e. The normalized spacial score (nSPS) is 11.4. The number of nitrogens with one attached hydrogen (secondary N) is 1. The monoisotopic (exact) mass is 371 g/mol. The first-order valence-electron chi connectivity index (χ1n) is 7.68. The Balaban J connectivity index is 1.95. The van der Waals surface area contributed by atoms with Crippen molar-refractivity contribution in [2.24, 2.45) is 0 Å². The first kappa shape index (κ1) is 17.7. The van der Waals surface area contributed by atoms with Crippen LogP contribution < -0.4 is 16.8 Å². The van der Waals surface area contributed by atoms with Crippen molar-refractivity contribution in [3.8, 4) is 0 Å². The molecule has 0 radical (unpaired) electrons. The van der Waals surface area contributed by atoms with Crippen LogP contribution >= 0.6 is 0 Å². The van der Waals surface area contributed by atoms with Gasteiger partial charge in [0, 0.05) is 23.2 Å². The fraction of sp³-hybridized carbons (Fsp3) is 0.0556.